The van der Waals surface area contributed by atoms with Crippen molar-refractivity contribution in [3.8, 4) is 0 Å². The highest BCUT2D eigenvalue weighted by molar-refractivity contribution is 5.75. The molecule has 3 radical (unpaired) electrons. The van der Waals surface area contributed by atoms with E-state index in [1.165, 1.54) is 5.56 Å². The second kappa shape index (κ2) is 27.1. The summed E-state index contributed by atoms with van der Waals surface area (Å²) in [6.45, 7) is 27.9. The first-order valence-corrected chi connectivity index (χ1v) is 9.55. The maximum Gasteiger partial charge on any atom is 0 e. The van der Waals surface area contributed by atoms with Gasteiger partial charge in [0.2, 0.25) is 0 Å². The Bertz CT molecular complexity index is 251. The fraction of sp³-hybridized carbons (Fsp3) is 0.739. The van der Waals surface area contributed by atoms with Crippen LogP contribution in [-0.4, -0.2) is 8.41 Å². The number of rotatable bonds is 1. The van der Waals surface area contributed by atoms with Gasteiger partial charge in [-0.3, -0.25) is 0 Å². The molecule has 143 valence electrons. The van der Waals surface area contributed by atoms with Crippen molar-refractivity contribution < 1.29 is 0 Å². The van der Waals surface area contributed by atoms with E-state index in [-0.39, 0.29) is 8.41 Å². The third kappa shape index (κ3) is 68.8. The van der Waals surface area contributed by atoms with Crippen LogP contribution in [0, 0.1) is 17.8 Å². The van der Waals surface area contributed by atoms with Crippen LogP contribution in [-0.2, 0) is 0 Å². The zero-order valence-corrected chi connectivity index (χ0v) is 19.3. The van der Waals surface area contributed by atoms with Crippen LogP contribution in [0.1, 0.15) is 101 Å². The van der Waals surface area contributed by atoms with Crippen LogP contribution < -0.4 is 0 Å². The summed E-state index contributed by atoms with van der Waals surface area (Å²) < 4.78 is 0. The Balaban J connectivity index is -0.0000000694. The van der Waals surface area contributed by atoms with E-state index < -0.39 is 0 Å². The molecule has 0 aliphatic carbocycles. The monoisotopic (exact) mass is 335 g/mol. The maximum absolute atomic E-state index is 2.20. The average molecular weight is 335 g/mol. The number of benzene rings is 1. The molecule has 24 heavy (non-hydrogen) atoms. The molecule has 0 heterocycles. The van der Waals surface area contributed by atoms with Crippen LogP contribution in [0.2, 0.25) is 0 Å². The lowest BCUT2D eigenvalue weighted by molar-refractivity contribution is 0.736. The quantitative estimate of drug-likeness (QED) is 0.452. The van der Waals surface area contributed by atoms with E-state index in [1.54, 1.807) is 0 Å². The maximum atomic E-state index is 2.20. The molecule has 0 nitrogen and oxygen atoms in total. The molecular weight excluding hydrogens is 287 g/mol. The van der Waals surface area contributed by atoms with E-state index in [9.17, 15) is 0 Å². The Hall–Kier alpha value is -0.715. The Morgan fingerprint density at radius 2 is 0.708 bits per heavy atom. The first kappa shape index (κ1) is 34.6. The molecule has 0 saturated heterocycles. The van der Waals surface area contributed by atoms with E-state index in [4.69, 9.17) is 0 Å². The molecule has 0 aliphatic rings. The van der Waals surface area contributed by atoms with Crippen LogP contribution in [0.3, 0.4) is 0 Å². The smallest absolute Gasteiger partial charge is 0 e. The van der Waals surface area contributed by atoms with Crippen LogP contribution in [0.15, 0.2) is 30.3 Å². The largest absolute Gasteiger partial charge is 0.0683 e. The third-order valence-corrected chi connectivity index (χ3v) is 1.47. The van der Waals surface area contributed by atoms with Gasteiger partial charge in [-0.1, -0.05) is 120 Å². The Labute approximate surface area is 158 Å². The standard InChI is InChI=1S/C9H12.3C4H10.C2H6.B/c1-8(2)9-6-4-3-5-7-9;3*1-4(2)3;1-2;/h3-8H,1-2H3;3*4H,1-3H3;1-2H3;. The normalized spacial score (nSPS) is 8.54. The highest BCUT2D eigenvalue weighted by atomic mass is 14.0. The number of hydrogen-bond donors (Lipinski definition) is 0. The lowest BCUT2D eigenvalue weighted by Crippen LogP contribution is -1.83. The molecule has 0 N–H and O–H groups in total. The van der Waals surface area contributed by atoms with Crippen molar-refractivity contribution in [2.75, 3.05) is 0 Å². The molecule has 1 heteroatoms. The summed E-state index contributed by atoms with van der Waals surface area (Å²) in [7, 11) is 0. The Morgan fingerprint density at radius 3 is 0.833 bits per heavy atom. The van der Waals surface area contributed by atoms with Crippen molar-refractivity contribution in [2.45, 2.75) is 95.9 Å². The van der Waals surface area contributed by atoms with E-state index in [2.05, 4.69) is 100 Å². The minimum Gasteiger partial charge on any atom is -0.0683 e. The van der Waals surface area contributed by atoms with Crippen LogP contribution in [0.25, 0.3) is 0 Å². The van der Waals surface area contributed by atoms with Crippen molar-refractivity contribution >= 4 is 8.41 Å². The topological polar surface area (TPSA) is 0 Å². The van der Waals surface area contributed by atoms with Crippen molar-refractivity contribution in [3.05, 3.63) is 35.9 Å². The van der Waals surface area contributed by atoms with E-state index in [0.29, 0.717) is 5.92 Å². The van der Waals surface area contributed by atoms with E-state index >= 15 is 0 Å². The molecule has 0 spiro atoms. The lowest BCUT2D eigenvalue weighted by atomic mass is 10.0. The predicted molar refractivity (Wildman–Crippen MR) is 119 cm³/mol. The summed E-state index contributed by atoms with van der Waals surface area (Å²) in [6, 6.07) is 10.5. The van der Waals surface area contributed by atoms with Gasteiger partial charge in [0.05, 0.1) is 0 Å². The van der Waals surface area contributed by atoms with E-state index in [0.717, 1.165) is 17.8 Å². The molecule has 1 aromatic carbocycles. The number of hydrogen-bond acceptors (Lipinski definition) is 0. The molecule has 0 bridgehead atoms. The second-order valence-electron chi connectivity index (χ2n) is 7.76. The van der Waals surface area contributed by atoms with Gasteiger partial charge in [0.25, 0.3) is 0 Å². The molecule has 0 saturated carbocycles. The first-order valence-electron chi connectivity index (χ1n) is 9.55. The van der Waals surface area contributed by atoms with Crippen LogP contribution in [0.5, 0.6) is 0 Å². The molecule has 1 rings (SSSR count). The molecule has 0 fully saturated rings. The van der Waals surface area contributed by atoms with Gasteiger partial charge in [0.15, 0.2) is 0 Å². The van der Waals surface area contributed by atoms with Crippen LogP contribution >= 0.6 is 0 Å². The fourth-order valence-corrected chi connectivity index (χ4v) is 0.838. The molecule has 0 atom stereocenters. The summed E-state index contributed by atoms with van der Waals surface area (Å²) in [4.78, 5) is 0. The van der Waals surface area contributed by atoms with Crippen LogP contribution in [0.4, 0.5) is 0 Å². The zero-order valence-electron chi connectivity index (χ0n) is 19.3. The van der Waals surface area contributed by atoms with Crippen molar-refractivity contribution in [1.82, 2.24) is 0 Å². The van der Waals surface area contributed by atoms with Gasteiger partial charge in [0.1, 0.15) is 0 Å². The summed E-state index contributed by atoms with van der Waals surface area (Å²) in [5.74, 6) is 3.16. The van der Waals surface area contributed by atoms with Crippen molar-refractivity contribution in [3.63, 3.8) is 0 Å². The Kier molecular flexibility index (Phi) is 39.1. The molecular formula is C23H48B. The molecule has 1 aromatic rings. The fourth-order valence-electron chi connectivity index (χ4n) is 0.838. The minimum absolute atomic E-state index is 0. The first-order chi connectivity index (χ1) is 10.5. The SMILES string of the molecule is CC.CC(C)C.CC(C)C.CC(C)C.CC(C)c1ccccc1.[B]. The molecule has 0 amide bonds. The van der Waals surface area contributed by atoms with Crippen molar-refractivity contribution in [1.29, 1.82) is 0 Å². The minimum atomic E-state index is 0. The van der Waals surface area contributed by atoms with E-state index in [1.807, 2.05) is 19.9 Å². The van der Waals surface area contributed by atoms with Gasteiger partial charge in [-0.15, -0.1) is 0 Å². The lowest BCUT2D eigenvalue weighted by Gasteiger charge is -2.01. The van der Waals surface area contributed by atoms with Gasteiger partial charge < -0.3 is 0 Å². The molecule has 0 aliphatic heterocycles. The van der Waals surface area contributed by atoms with Gasteiger partial charge in [-0.25, -0.2) is 0 Å². The molecule has 0 unspecified atom stereocenters. The average Bonchev–Trinajstić information content (AvgIpc) is 2.40. The molecule has 0 aromatic heterocycles. The summed E-state index contributed by atoms with van der Waals surface area (Å²) in [5.41, 5.74) is 1.41. The van der Waals surface area contributed by atoms with Crippen molar-refractivity contribution in [2.24, 2.45) is 17.8 Å². The third-order valence-electron chi connectivity index (χ3n) is 1.47. The zero-order chi connectivity index (χ0) is 19.4. The summed E-state index contributed by atoms with van der Waals surface area (Å²) >= 11 is 0. The van der Waals surface area contributed by atoms with Gasteiger partial charge in [0, 0.05) is 8.41 Å². The summed E-state index contributed by atoms with van der Waals surface area (Å²) in [6.07, 6.45) is 0. The second-order valence-corrected chi connectivity index (χ2v) is 7.76. The Morgan fingerprint density at radius 1 is 0.500 bits per heavy atom. The highest BCUT2D eigenvalue weighted by Gasteiger charge is 1.93. The van der Waals surface area contributed by atoms with Gasteiger partial charge >= 0.3 is 0 Å². The van der Waals surface area contributed by atoms with Gasteiger partial charge in [-0.05, 0) is 29.2 Å². The van der Waals surface area contributed by atoms with Gasteiger partial charge in [-0.2, -0.15) is 0 Å². The predicted octanol–water partition coefficient (Wildman–Crippen LogP) is 8.44. The highest BCUT2D eigenvalue weighted by Crippen LogP contribution is 2.11. The summed E-state index contributed by atoms with van der Waals surface area (Å²) in [5, 5.41) is 0.